The van der Waals surface area contributed by atoms with Crippen LogP contribution in [0.1, 0.15) is 35.7 Å². The van der Waals surface area contributed by atoms with Crippen LogP contribution in [0, 0.1) is 0 Å². The van der Waals surface area contributed by atoms with Gasteiger partial charge in [0.25, 0.3) is 5.91 Å². The van der Waals surface area contributed by atoms with E-state index in [4.69, 9.17) is 5.73 Å². The zero-order valence-electron chi connectivity index (χ0n) is 17.5. The summed E-state index contributed by atoms with van der Waals surface area (Å²) in [6.07, 6.45) is -2.84. The minimum atomic E-state index is -4.52. The molecule has 2 rings (SSSR count). The Balaban J connectivity index is 2.04. The molecule has 3 amide bonds. The van der Waals surface area contributed by atoms with Gasteiger partial charge in [-0.25, -0.2) is 0 Å². The number of hydrogen-bond acceptors (Lipinski definition) is 4. The summed E-state index contributed by atoms with van der Waals surface area (Å²) in [4.78, 5) is 37.7. The van der Waals surface area contributed by atoms with Crippen LogP contribution in [-0.2, 0) is 15.8 Å². The van der Waals surface area contributed by atoms with Crippen LogP contribution >= 0.6 is 0 Å². The Labute approximate surface area is 183 Å². The maximum absolute atomic E-state index is 12.8. The molecular formula is C22H25F3N4O3. The Morgan fingerprint density at radius 3 is 2.25 bits per heavy atom. The summed E-state index contributed by atoms with van der Waals surface area (Å²) in [6.45, 7) is 2.42. The van der Waals surface area contributed by atoms with Crippen LogP contribution in [0.25, 0.3) is 0 Å². The molecule has 0 aromatic heterocycles. The van der Waals surface area contributed by atoms with Crippen LogP contribution < -0.4 is 16.4 Å². The molecule has 32 heavy (non-hydrogen) atoms. The quantitative estimate of drug-likeness (QED) is 0.515. The van der Waals surface area contributed by atoms with E-state index in [2.05, 4.69) is 10.6 Å². The molecule has 0 heterocycles. The monoisotopic (exact) mass is 450 g/mol. The normalized spacial score (nSPS) is 11.3. The predicted octanol–water partition coefficient (Wildman–Crippen LogP) is 3.48. The van der Waals surface area contributed by atoms with E-state index in [1.165, 1.54) is 30.3 Å². The van der Waals surface area contributed by atoms with E-state index in [9.17, 15) is 27.6 Å². The number of alkyl halides is 3. The first kappa shape index (κ1) is 24.9. The Bertz CT molecular complexity index is 963. The van der Waals surface area contributed by atoms with Gasteiger partial charge in [-0.3, -0.25) is 19.3 Å². The minimum absolute atomic E-state index is 0.00252. The molecule has 0 atom stereocenters. The van der Waals surface area contributed by atoms with Crippen LogP contribution in [0.3, 0.4) is 0 Å². The standard InChI is InChI=1S/C22H25F3N4O3/c1-2-3-10-29(13-19(26)30)14-20(31)27-17-8-4-6-15(11-17)21(32)28-18-9-5-7-16(12-18)22(23,24)25/h4-9,11-12H,2-3,10,13-14H2,1H3,(H2,26,30)(H,27,31)(H,28,32). The van der Waals surface area contributed by atoms with Gasteiger partial charge in [-0.05, 0) is 49.4 Å². The number of nitrogens with two attached hydrogens (primary N) is 1. The topological polar surface area (TPSA) is 105 Å². The Hall–Kier alpha value is -3.40. The number of nitrogens with one attached hydrogen (secondary N) is 2. The molecular weight excluding hydrogens is 425 g/mol. The van der Waals surface area contributed by atoms with Gasteiger partial charge >= 0.3 is 6.18 Å². The molecule has 0 aliphatic rings. The van der Waals surface area contributed by atoms with Crippen molar-refractivity contribution in [2.45, 2.75) is 25.9 Å². The maximum atomic E-state index is 12.8. The van der Waals surface area contributed by atoms with Crippen LogP contribution in [0.5, 0.6) is 0 Å². The third-order valence-corrected chi connectivity index (χ3v) is 4.43. The fourth-order valence-corrected chi connectivity index (χ4v) is 2.93. The van der Waals surface area contributed by atoms with Crippen LogP contribution in [0.2, 0.25) is 0 Å². The SMILES string of the molecule is CCCCN(CC(N)=O)CC(=O)Nc1cccc(C(=O)Nc2cccc(C(F)(F)F)c2)c1. The number of unbranched alkanes of at least 4 members (excludes halogenated alkanes) is 1. The van der Waals surface area contributed by atoms with E-state index in [-0.39, 0.29) is 24.3 Å². The number of rotatable bonds is 10. The first-order chi connectivity index (χ1) is 15.1. The van der Waals surface area contributed by atoms with Crippen LogP contribution in [0.4, 0.5) is 24.5 Å². The highest BCUT2D eigenvalue weighted by Gasteiger charge is 2.30. The average molecular weight is 450 g/mol. The van der Waals surface area contributed by atoms with Crippen molar-refractivity contribution in [2.24, 2.45) is 5.73 Å². The van der Waals surface area contributed by atoms with Crippen LogP contribution in [-0.4, -0.2) is 42.3 Å². The second-order valence-electron chi connectivity index (χ2n) is 7.19. The lowest BCUT2D eigenvalue weighted by Gasteiger charge is -2.19. The maximum Gasteiger partial charge on any atom is 0.416 e. The van der Waals surface area contributed by atoms with Gasteiger partial charge in [-0.2, -0.15) is 13.2 Å². The Morgan fingerprint density at radius 1 is 0.969 bits per heavy atom. The fourth-order valence-electron chi connectivity index (χ4n) is 2.93. The Morgan fingerprint density at radius 2 is 1.62 bits per heavy atom. The third kappa shape index (κ3) is 8.03. The lowest BCUT2D eigenvalue weighted by Crippen LogP contribution is -2.39. The van der Waals surface area contributed by atoms with E-state index >= 15 is 0 Å². The molecule has 4 N–H and O–H groups in total. The summed E-state index contributed by atoms with van der Waals surface area (Å²) in [5.74, 6) is -1.56. The van der Waals surface area contributed by atoms with Gasteiger partial charge in [-0.15, -0.1) is 0 Å². The van der Waals surface area contributed by atoms with Crippen molar-refractivity contribution in [3.8, 4) is 0 Å². The van der Waals surface area contributed by atoms with Gasteiger partial charge in [0.1, 0.15) is 0 Å². The van der Waals surface area contributed by atoms with Gasteiger partial charge in [-0.1, -0.05) is 25.5 Å². The molecule has 0 aliphatic heterocycles. The van der Waals surface area contributed by atoms with Gasteiger partial charge in [0, 0.05) is 16.9 Å². The molecule has 10 heteroatoms. The van der Waals surface area contributed by atoms with E-state index in [0.717, 1.165) is 25.0 Å². The van der Waals surface area contributed by atoms with Crippen molar-refractivity contribution in [1.29, 1.82) is 0 Å². The van der Waals surface area contributed by atoms with Crippen molar-refractivity contribution in [3.05, 3.63) is 59.7 Å². The highest BCUT2D eigenvalue weighted by molar-refractivity contribution is 6.05. The molecule has 0 fully saturated rings. The van der Waals surface area contributed by atoms with Crippen LogP contribution in [0.15, 0.2) is 48.5 Å². The highest BCUT2D eigenvalue weighted by Crippen LogP contribution is 2.30. The number of nitrogens with zero attached hydrogens (tertiary/aromatic N) is 1. The van der Waals surface area contributed by atoms with E-state index < -0.39 is 29.5 Å². The second-order valence-corrected chi connectivity index (χ2v) is 7.19. The molecule has 0 unspecified atom stereocenters. The van der Waals surface area contributed by atoms with Crippen molar-refractivity contribution >= 4 is 29.1 Å². The number of halogens is 3. The fraction of sp³-hybridized carbons (Fsp3) is 0.318. The number of primary amides is 1. The van der Waals surface area contributed by atoms with Crippen molar-refractivity contribution < 1.29 is 27.6 Å². The summed E-state index contributed by atoms with van der Waals surface area (Å²) in [5.41, 5.74) is 4.83. The number of anilines is 2. The highest BCUT2D eigenvalue weighted by atomic mass is 19.4. The third-order valence-electron chi connectivity index (χ3n) is 4.43. The van der Waals surface area contributed by atoms with Gasteiger partial charge < -0.3 is 16.4 Å². The number of benzene rings is 2. The molecule has 0 spiro atoms. The van der Waals surface area contributed by atoms with E-state index in [1.54, 1.807) is 11.0 Å². The minimum Gasteiger partial charge on any atom is -0.369 e. The molecule has 0 aliphatic carbocycles. The summed E-state index contributed by atoms with van der Waals surface area (Å²) in [5, 5.41) is 5.07. The van der Waals surface area contributed by atoms with Crippen molar-refractivity contribution in [3.63, 3.8) is 0 Å². The lowest BCUT2D eigenvalue weighted by molar-refractivity contribution is -0.137. The molecule has 0 saturated heterocycles. The average Bonchev–Trinajstić information content (AvgIpc) is 2.71. The van der Waals surface area contributed by atoms with E-state index in [0.29, 0.717) is 12.2 Å². The predicted molar refractivity (Wildman–Crippen MR) is 115 cm³/mol. The van der Waals surface area contributed by atoms with Gasteiger partial charge in [0.2, 0.25) is 11.8 Å². The molecule has 2 aromatic carbocycles. The zero-order valence-corrected chi connectivity index (χ0v) is 17.5. The smallest absolute Gasteiger partial charge is 0.369 e. The second kappa shape index (κ2) is 11.3. The number of carbonyl (C=O) groups excluding carboxylic acids is 3. The summed E-state index contributed by atoms with van der Waals surface area (Å²) < 4.78 is 38.5. The Kier molecular flexibility index (Phi) is 8.77. The number of hydrogen-bond donors (Lipinski definition) is 3. The largest absolute Gasteiger partial charge is 0.416 e. The van der Waals surface area contributed by atoms with Gasteiger partial charge in [0.05, 0.1) is 18.7 Å². The molecule has 172 valence electrons. The molecule has 2 aromatic rings. The summed E-state index contributed by atoms with van der Waals surface area (Å²) in [7, 11) is 0. The number of amides is 3. The van der Waals surface area contributed by atoms with Gasteiger partial charge in [0.15, 0.2) is 0 Å². The summed E-state index contributed by atoms with van der Waals surface area (Å²) in [6, 6.07) is 10.3. The molecule has 0 radical (unpaired) electrons. The molecule has 7 nitrogen and oxygen atoms in total. The lowest BCUT2D eigenvalue weighted by atomic mass is 10.1. The van der Waals surface area contributed by atoms with Crippen molar-refractivity contribution in [2.75, 3.05) is 30.3 Å². The first-order valence-electron chi connectivity index (χ1n) is 9.97. The molecule has 0 saturated carbocycles. The van der Waals surface area contributed by atoms with E-state index in [1.807, 2.05) is 6.92 Å². The number of carbonyl (C=O) groups is 3. The summed E-state index contributed by atoms with van der Waals surface area (Å²) >= 11 is 0. The molecule has 0 bridgehead atoms. The van der Waals surface area contributed by atoms with Crippen molar-refractivity contribution in [1.82, 2.24) is 4.90 Å². The first-order valence-corrected chi connectivity index (χ1v) is 9.97. The zero-order chi connectivity index (χ0) is 23.7.